The third-order valence-electron chi connectivity index (χ3n) is 9.55. The van der Waals surface area contributed by atoms with Gasteiger partial charge in [0.05, 0.1) is 26.7 Å². The predicted octanol–water partition coefficient (Wildman–Crippen LogP) is 9.40. The first-order valence-electron chi connectivity index (χ1n) is 16.6. The number of rotatable bonds is 10. The molecular formula is C42H50O5. The molecule has 0 N–H and O–H groups in total. The highest BCUT2D eigenvalue weighted by molar-refractivity contribution is 5.80. The van der Waals surface area contributed by atoms with Crippen LogP contribution in [-0.4, -0.2) is 26.8 Å². The summed E-state index contributed by atoms with van der Waals surface area (Å²) >= 11 is 0. The van der Waals surface area contributed by atoms with Gasteiger partial charge in [0, 0.05) is 11.1 Å². The summed E-state index contributed by atoms with van der Waals surface area (Å²) in [5.41, 5.74) is 4.88. The number of methoxy groups -OCH3 is 2. The van der Waals surface area contributed by atoms with Crippen LogP contribution in [0.3, 0.4) is 0 Å². The summed E-state index contributed by atoms with van der Waals surface area (Å²) in [6.45, 7) is 17.6. The van der Waals surface area contributed by atoms with Crippen molar-refractivity contribution in [2.75, 3.05) is 20.8 Å². The van der Waals surface area contributed by atoms with E-state index in [9.17, 15) is 4.79 Å². The molecule has 47 heavy (non-hydrogen) atoms. The van der Waals surface area contributed by atoms with Crippen molar-refractivity contribution in [2.45, 2.75) is 71.8 Å². The highest BCUT2D eigenvalue weighted by atomic mass is 16.5. The van der Waals surface area contributed by atoms with E-state index in [0.29, 0.717) is 12.4 Å². The Balaban J connectivity index is 1.50. The summed E-state index contributed by atoms with van der Waals surface area (Å²) in [7, 11) is 3.33. The highest BCUT2D eigenvalue weighted by Crippen LogP contribution is 2.51. The molecule has 5 rings (SSSR count). The first kappa shape index (κ1) is 34.3. The molecule has 3 atom stereocenters. The number of ether oxygens (including phenoxy) is 4. The van der Waals surface area contributed by atoms with E-state index in [2.05, 4.69) is 104 Å². The summed E-state index contributed by atoms with van der Waals surface area (Å²) in [5.74, 6) is 1.90. The SMILES string of the molecule is COc1ccc(C(OCC2C(C)C2C(=O)Oc2c(C(C)(C)C)cc(C)cc2C(C)(C)C)(c2ccccc2)c2ccc(OC)cc2)cc1. The molecule has 5 heteroatoms. The van der Waals surface area contributed by atoms with Crippen LogP contribution >= 0.6 is 0 Å². The monoisotopic (exact) mass is 634 g/mol. The van der Waals surface area contributed by atoms with Gasteiger partial charge in [0.25, 0.3) is 0 Å². The van der Waals surface area contributed by atoms with Crippen LogP contribution in [0, 0.1) is 24.7 Å². The van der Waals surface area contributed by atoms with E-state index < -0.39 is 5.60 Å². The van der Waals surface area contributed by atoms with E-state index in [4.69, 9.17) is 18.9 Å². The maximum Gasteiger partial charge on any atom is 0.315 e. The van der Waals surface area contributed by atoms with Gasteiger partial charge in [-0.25, -0.2) is 0 Å². The van der Waals surface area contributed by atoms with Crippen molar-refractivity contribution >= 4 is 5.97 Å². The summed E-state index contributed by atoms with van der Waals surface area (Å²) in [6.07, 6.45) is 0. The van der Waals surface area contributed by atoms with Gasteiger partial charge in [0.2, 0.25) is 0 Å². The van der Waals surface area contributed by atoms with Gasteiger partial charge in [-0.05, 0) is 70.5 Å². The molecule has 0 aromatic heterocycles. The van der Waals surface area contributed by atoms with Crippen molar-refractivity contribution in [1.82, 2.24) is 0 Å². The molecule has 1 aliphatic carbocycles. The lowest BCUT2D eigenvalue weighted by Crippen LogP contribution is -2.34. The third kappa shape index (κ3) is 6.96. The van der Waals surface area contributed by atoms with E-state index in [0.717, 1.165) is 39.3 Å². The van der Waals surface area contributed by atoms with Gasteiger partial charge in [-0.15, -0.1) is 0 Å². The second kappa shape index (κ2) is 13.2. The number of carbonyl (C=O) groups excluding carboxylic acids is 1. The highest BCUT2D eigenvalue weighted by Gasteiger charge is 2.54. The van der Waals surface area contributed by atoms with Crippen LogP contribution in [-0.2, 0) is 26.0 Å². The Kier molecular flexibility index (Phi) is 9.62. The molecule has 0 bridgehead atoms. The molecule has 4 aromatic rings. The van der Waals surface area contributed by atoms with Crippen molar-refractivity contribution in [3.05, 3.63) is 124 Å². The molecule has 0 aliphatic heterocycles. The molecule has 0 saturated heterocycles. The number of aryl methyl sites for hydroxylation is 1. The maximum absolute atomic E-state index is 14.0. The zero-order chi connectivity index (χ0) is 34.1. The largest absolute Gasteiger partial charge is 0.497 e. The Hall–Kier alpha value is -4.09. The van der Waals surface area contributed by atoms with Crippen LogP contribution in [0.15, 0.2) is 91.0 Å². The van der Waals surface area contributed by atoms with Crippen molar-refractivity contribution in [3.8, 4) is 17.2 Å². The number of hydrogen-bond donors (Lipinski definition) is 0. The topological polar surface area (TPSA) is 54.0 Å². The lowest BCUT2D eigenvalue weighted by molar-refractivity contribution is -0.137. The minimum absolute atomic E-state index is 0.00343. The minimum Gasteiger partial charge on any atom is -0.497 e. The molecule has 1 saturated carbocycles. The second-order valence-corrected chi connectivity index (χ2v) is 15.0. The maximum atomic E-state index is 14.0. The van der Waals surface area contributed by atoms with Gasteiger partial charge >= 0.3 is 5.97 Å². The van der Waals surface area contributed by atoms with Gasteiger partial charge in [-0.3, -0.25) is 4.79 Å². The quantitative estimate of drug-likeness (QED) is 0.0988. The first-order valence-corrected chi connectivity index (χ1v) is 16.6. The molecule has 1 fully saturated rings. The van der Waals surface area contributed by atoms with Gasteiger partial charge in [0.15, 0.2) is 0 Å². The first-order chi connectivity index (χ1) is 22.2. The third-order valence-corrected chi connectivity index (χ3v) is 9.55. The zero-order valence-corrected chi connectivity index (χ0v) is 29.6. The van der Waals surface area contributed by atoms with E-state index in [-0.39, 0.29) is 34.6 Å². The van der Waals surface area contributed by atoms with Gasteiger partial charge in [-0.1, -0.05) is 121 Å². The molecule has 3 unspecified atom stereocenters. The summed E-state index contributed by atoms with van der Waals surface area (Å²) < 4.78 is 24.5. The Labute approximate surface area is 281 Å². The van der Waals surface area contributed by atoms with E-state index in [1.54, 1.807) is 14.2 Å². The normalized spacial score (nSPS) is 18.0. The molecule has 0 amide bonds. The Morgan fingerprint density at radius 3 is 1.55 bits per heavy atom. The molecule has 0 heterocycles. The number of benzene rings is 4. The summed E-state index contributed by atoms with van der Waals surface area (Å²) in [6, 6.07) is 30.6. The average molecular weight is 635 g/mol. The summed E-state index contributed by atoms with van der Waals surface area (Å²) in [4.78, 5) is 14.0. The smallest absolute Gasteiger partial charge is 0.315 e. The van der Waals surface area contributed by atoms with Crippen molar-refractivity contribution in [3.63, 3.8) is 0 Å². The van der Waals surface area contributed by atoms with Crippen LogP contribution in [0.1, 0.15) is 81.8 Å². The van der Waals surface area contributed by atoms with Crippen LogP contribution in [0.25, 0.3) is 0 Å². The lowest BCUT2D eigenvalue weighted by Gasteiger charge is -2.36. The summed E-state index contributed by atoms with van der Waals surface area (Å²) in [5, 5.41) is 0. The fraction of sp³-hybridized carbons (Fsp3) is 0.405. The average Bonchev–Trinajstić information content (AvgIpc) is 3.70. The van der Waals surface area contributed by atoms with Crippen LogP contribution < -0.4 is 14.2 Å². The molecular weight excluding hydrogens is 584 g/mol. The van der Waals surface area contributed by atoms with E-state index >= 15 is 0 Å². The Morgan fingerprint density at radius 1 is 0.681 bits per heavy atom. The second-order valence-electron chi connectivity index (χ2n) is 15.0. The number of hydrogen-bond acceptors (Lipinski definition) is 5. The van der Waals surface area contributed by atoms with Gasteiger partial charge in [0.1, 0.15) is 22.8 Å². The van der Waals surface area contributed by atoms with Crippen molar-refractivity contribution in [1.29, 1.82) is 0 Å². The molecule has 4 aromatic carbocycles. The minimum atomic E-state index is -0.938. The Morgan fingerprint density at radius 2 is 1.13 bits per heavy atom. The molecule has 0 spiro atoms. The lowest BCUT2D eigenvalue weighted by atomic mass is 9.78. The Bertz CT molecular complexity index is 1590. The molecule has 1 aliphatic rings. The van der Waals surface area contributed by atoms with E-state index in [1.807, 2.05) is 42.5 Å². The fourth-order valence-corrected chi connectivity index (χ4v) is 6.65. The molecule has 248 valence electrons. The fourth-order valence-electron chi connectivity index (χ4n) is 6.65. The number of esters is 1. The predicted molar refractivity (Wildman–Crippen MR) is 189 cm³/mol. The zero-order valence-electron chi connectivity index (χ0n) is 29.6. The molecule has 5 nitrogen and oxygen atoms in total. The van der Waals surface area contributed by atoms with Crippen LogP contribution in [0.2, 0.25) is 0 Å². The number of carbonyl (C=O) groups is 1. The standard InChI is InChI=1S/C42H50O5/c1-27-24-35(40(3,4)5)38(36(25-27)41(6,7)8)47-39(43)37-28(2)34(37)26-46-42(29-14-12-11-13-15-29,30-16-20-32(44-9)21-17-30)31-18-22-33(45-10)23-19-31/h11-25,28,34,37H,26H2,1-10H3. The molecule has 0 radical (unpaired) electrons. The van der Waals surface area contributed by atoms with Crippen molar-refractivity contribution < 1.29 is 23.7 Å². The van der Waals surface area contributed by atoms with Crippen molar-refractivity contribution in [2.24, 2.45) is 17.8 Å². The van der Waals surface area contributed by atoms with E-state index in [1.165, 1.54) is 5.56 Å². The van der Waals surface area contributed by atoms with Crippen LogP contribution in [0.5, 0.6) is 17.2 Å². The van der Waals surface area contributed by atoms with Crippen LogP contribution in [0.4, 0.5) is 0 Å². The van der Waals surface area contributed by atoms with Gasteiger partial charge in [-0.2, -0.15) is 0 Å². The van der Waals surface area contributed by atoms with Gasteiger partial charge < -0.3 is 18.9 Å².